The number of anilines is 1. The Morgan fingerprint density at radius 1 is 1.38 bits per heavy atom. The van der Waals surface area contributed by atoms with Gasteiger partial charge in [-0.05, 0) is 5.56 Å². The van der Waals surface area contributed by atoms with Crippen molar-refractivity contribution >= 4 is 28.4 Å². The molecular weight excluding hydrogens is 288 g/mol. The van der Waals surface area contributed by atoms with Gasteiger partial charge in [-0.3, -0.25) is 4.79 Å². The monoisotopic (exact) mass is 302 g/mol. The van der Waals surface area contributed by atoms with Crippen molar-refractivity contribution in [1.82, 2.24) is 15.6 Å². The number of carbonyl (C=O) groups excluding carboxylic acids is 2. The number of nitrogens with one attached hydrogen (secondary N) is 3. The molecule has 3 N–H and O–H groups in total. The van der Waals surface area contributed by atoms with Crippen molar-refractivity contribution in [2.45, 2.75) is 12.5 Å². The maximum absolute atomic E-state index is 11.9. The fourth-order valence-corrected chi connectivity index (χ4v) is 2.90. The highest BCUT2D eigenvalue weighted by Crippen LogP contribution is 2.21. The fraction of sp³-hybridized carbons (Fsp3) is 0.214. The van der Waals surface area contributed by atoms with Gasteiger partial charge in [0.25, 0.3) is 5.91 Å². The molecule has 0 unspecified atom stereocenters. The van der Waals surface area contributed by atoms with E-state index in [1.807, 2.05) is 18.2 Å². The van der Waals surface area contributed by atoms with E-state index < -0.39 is 6.04 Å². The Hall–Kier alpha value is -2.41. The molecule has 1 aliphatic heterocycles. The summed E-state index contributed by atoms with van der Waals surface area (Å²) in [5.41, 5.74) is 1.20. The van der Waals surface area contributed by atoms with Crippen molar-refractivity contribution in [3.63, 3.8) is 0 Å². The van der Waals surface area contributed by atoms with Crippen LogP contribution in [0.4, 0.5) is 9.93 Å². The zero-order chi connectivity index (χ0) is 14.7. The van der Waals surface area contributed by atoms with Crippen LogP contribution >= 0.6 is 11.3 Å². The molecule has 6 nitrogen and oxygen atoms in total. The van der Waals surface area contributed by atoms with Gasteiger partial charge in [-0.25, -0.2) is 9.78 Å². The number of hydrogen-bond donors (Lipinski definition) is 3. The molecule has 1 saturated heterocycles. The van der Waals surface area contributed by atoms with Crippen LogP contribution in [0, 0.1) is 0 Å². The minimum absolute atomic E-state index is 0.256. The number of rotatable bonds is 4. The molecule has 2 heterocycles. The van der Waals surface area contributed by atoms with Crippen molar-refractivity contribution in [3.8, 4) is 0 Å². The molecule has 1 atom stereocenters. The average Bonchev–Trinajstić information content (AvgIpc) is 3.09. The van der Waals surface area contributed by atoms with Gasteiger partial charge < -0.3 is 16.0 Å². The van der Waals surface area contributed by atoms with E-state index in [4.69, 9.17) is 0 Å². The van der Waals surface area contributed by atoms with Gasteiger partial charge in [0.05, 0.1) is 0 Å². The van der Waals surface area contributed by atoms with Gasteiger partial charge in [-0.15, -0.1) is 11.3 Å². The first-order chi connectivity index (χ1) is 10.2. The summed E-state index contributed by atoms with van der Waals surface area (Å²) in [6.45, 7) is 0.299. The predicted molar refractivity (Wildman–Crippen MR) is 80.3 cm³/mol. The van der Waals surface area contributed by atoms with E-state index in [-0.39, 0.29) is 11.9 Å². The highest BCUT2D eigenvalue weighted by atomic mass is 32.1. The number of benzene rings is 1. The Balaban J connectivity index is 1.60. The van der Waals surface area contributed by atoms with Gasteiger partial charge in [0.1, 0.15) is 6.04 Å². The number of nitrogens with zero attached hydrogens (tertiary/aromatic N) is 1. The van der Waals surface area contributed by atoms with E-state index in [1.165, 1.54) is 16.9 Å². The van der Waals surface area contributed by atoms with Crippen LogP contribution in [0.2, 0.25) is 0 Å². The standard InChI is InChI=1S/C14H14N4O2S/c19-12(11-8-15-13(20)17-11)18-14-16-7-10(21-14)6-9-4-2-1-3-5-9/h1-5,7,11H,6,8H2,(H2,15,17,20)(H,16,18,19)/t11-/m0/s1. The molecule has 1 aliphatic rings. The third kappa shape index (κ3) is 3.38. The summed E-state index contributed by atoms with van der Waals surface area (Å²) in [6.07, 6.45) is 2.55. The van der Waals surface area contributed by atoms with Crippen molar-refractivity contribution in [2.75, 3.05) is 11.9 Å². The minimum atomic E-state index is -0.543. The molecule has 2 aromatic rings. The topological polar surface area (TPSA) is 83.1 Å². The van der Waals surface area contributed by atoms with Gasteiger partial charge in [-0.2, -0.15) is 0 Å². The summed E-state index contributed by atoms with van der Waals surface area (Å²) >= 11 is 1.44. The van der Waals surface area contributed by atoms with E-state index in [1.54, 1.807) is 6.20 Å². The Bertz CT molecular complexity index is 656. The number of hydrogen-bond acceptors (Lipinski definition) is 4. The molecule has 0 saturated carbocycles. The van der Waals surface area contributed by atoms with Crippen molar-refractivity contribution in [1.29, 1.82) is 0 Å². The van der Waals surface area contributed by atoms with Crippen LogP contribution in [0.15, 0.2) is 36.5 Å². The van der Waals surface area contributed by atoms with E-state index in [0.717, 1.165) is 11.3 Å². The second-order valence-corrected chi connectivity index (χ2v) is 5.81. The molecule has 0 aliphatic carbocycles. The number of thiazole rings is 1. The van der Waals surface area contributed by atoms with Crippen LogP contribution in [0.5, 0.6) is 0 Å². The number of urea groups is 1. The Morgan fingerprint density at radius 3 is 2.90 bits per heavy atom. The zero-order valence-electron chi connectivity index (χ0n) is 11.1. The molecule has 0 bridgehead atoms. The first kappa shape index (κ1) is 13.6. The predicted octanol–water partition coefficient (Wildman–Crippen LogP) is 1.35. The second kappa shape index (κ2) is 5.92. The fourth-order valence-electron chi connectivity index (χ4n) is 2.05. The van der Waals surface area contributed by atoms with Crippen LogP contribution in [0.25, 0.3) is 0 Å². The minimum Gasteiger partial charge on any atom is -0.336 e. The van der Waals surface area contributed by atoms with Crippen molar-refractivity contribution in [2.24, 2.45) is 0 Å². The van der Waals surface area contributed by atoms with Gasteiger partial charge in [0.2, 0.25) is 0 Å². The van der Waals surface area contributed by atoms with Crippen molar-refractivity contribution in [3.05, 3.63) is 47.0 Å². The van der Waals surface area contributed by atoms with Gasteiger partial charge in [0, 0.05) is 24.0 Å². The van der Waals surface area contributed by atoms with Crippen molar-refractivity contribution < 1.29 is 9.59 Å². The first-order valence-corrected chi connectivity index (χ1v) is 7.36. The molecule has 3 rings (SSSR count). The molecule has 0 spiro atoms. The second-order valence-electron chi connectivity index (χ2n) is 4.69. The molecule has 1 fully saturated rings. The highest BCUT2D eigenvalue weighted by molar-refractivity contribution is 7.15. The van der Waals surface area contributed by atoms with Gasteiger partial charge in [0.15, 0.2) is 5.13 Å². The summed E-state index contributed by atoms with van der Waals surface area (Å²) in [5, 5.41) is 8.35. The van der Waals surface area contributed by atoms with Crippen LogP contribution < -0.4 is 16.0 Å². The molecule has 21 heavy (non-hydrogen) atoms. The van der Waals surface area contributed by atoms with Gasteiger partial charge in [-0.1, -0.05) is 30.3 Å². The lowest BCUT2D eigenvalue weighted by atomic mass is 10.1. The van der Waals surface area contributed by atoms with Gasteiger partial charge >= 0.3 is 6.03 Å². The molecule has 7 heteroatoms. The molecule has 3 amide bonds. The average molecular weight is 302 g/mol. The summed E-state index contributed by atoms with van der Waals surface area (Å²) in [6, 6.07) is 9.21. The van der Waals surface area contributed by atoms with E-state index >= 15 is 0 Å². The van der Waals surface area contributed by atoms with E-state index in [9.17, 15) is 9.59 Å². The smallest absolute Gasteiger partial charge is 0.315 e. The Morgan fingerprint density at radius 2 is 2.19 bits per heavy atom. The lowest BCUT2D eigenvalue weighted by Crippen LogP contribution is -2.38. The summed E-state index contributed by atoms with van der Waals surface area (Å²) in [4.78, 5) is 28.2. The lowest BCUT2D eigenvalue weighted by Gasteiger charge is -2.06. The van der Waals surface area contributed by atoms with E-state index in [2.05, 4.69) is 33.1 Å². The maximum atomic E-state index is 11.9. The summed E-state index contributed by atoms with van der Waals surface area (Å²) in [5.74, 6) is -0.256. The van der Waals surface area contributed by atoms with Crippen LogP contribution in [0.1, 0.15) is 10.4 Å². The lowest BCUT2D eigenvalue weighted by molar-refractivity contribution is -0.117. The maximum Gasteiger partial charge on any atom is 0.315 e. The normalized spacial score (nSPS) is 17.1. The van der Waals surface area contributed by atoms with Crippen LogP contribution in [-0.2, 0) is 11.2 Å². The molecule has 1 aromatic carbocycles. The molecular formula is C14H14N4O2S. The Kier molecular flexibility index (Phi) is 3.83. The van der Waals surface area contributed by atoms with Crippen LogP contribution in [-0.4, -0.2) is 29.5 Å². The SMILES string of the molecule is O=C1NC[C@@H](C(=O)Nc2ncc(Cc3ccccc3)s2)N1. The molecule has 1 aromatic heterocycles. The number of aromatic nitrogens is 1. The summed E-state index contributed by atoms with van der Waals surface area (Å²) < 4.78 is 0. The Labute approximate surface area is 125 Å². The number of amides is 3. The number of carbonyl (C=O) groups is 2. The molecule has 0 radical (unpaired) electrons. The summed E-state index contributed by atoms with van der Waals surface area (Å²) in [7, 11) is 0. The highest BCUT2D eigenvalue weighted by Gasteiger charge is 2.27. The first-order valence-electron chi connectivity index (χ1n) is 6.54. The quantitative estimate of drug-likeness (QED) is 0.797. The third-order valence-electron chi connectivity index (χ3n) is 3.09. The largest absolute Gasteiger partial charge is 0.336 e. The third-order valence-corrected chi connectivity index (χ3v) is 4.01. The van der Waals surface area contributed by atoms with Crippen LogP contribution in [0.3, 0.4) is 0 Å². The van der Waals surface area contributed by atoms with E-state index in [0.29, 0.717) is 11.7 Å². The molecule has 108 valence electrons. The zero-order valence-corrected chi connectivity index (χ0v) is 11.9.